The largest absolute Gasteiger partial charge is 0.507 e. The molecule has 1 aromatic rings. The molecule has 0 atom stereocenters. The Kier molecular flexibility index (Phi) is 10.5. The summed E-state index contributed by atoms with van der Waals surface area (Å²) >= 11 is 0. The molecule has 6 nitrogen and oxygen atoms in total. The summed E-state index contributed by atoms with van der Waals surface area (Å²) in [5.74, 6) is 0.442. The van der Waals surface area contributed by atoms with Gasteiger partial charge in [-0.25, -0.2) is 4.99 Å². The second-order valence-corrected chi connectivity index (χ2v) is 7.93. The van der Waals surface area contributed by atoms with Crippen molar-refractivity contribution < 1.29 is 9.90 Å². The van der Waals surface area contributed by atoms with E-state index in [1.54, 1.807) is 30.3 Å². The summed E-state index contributed by atoms with van der Waals surface area (Å²) in [5, 5.41) is 13.4. The van der Waals surface area contributed by atoms with Crippen LogP contribution in [0.2, 0.25) is 0 Å². The minimum Gasteiger partial charge on any atom is -0.507 e. The highest BCUT2D eigenvalue weighted by Gasteiger charge is 2.17. The van der Waals surface area contributed by atoms with Gasteiger partial charge in [0.15, 0.2) is 0 Å². The Hall–Kier alpha value is -3.12. The number of allylic oxidation sites excluding steroid dienone is 5. The first kappa shape index (κ1) is 25.9. The molecule has 168 valence electrons. The number of aromatic hydroxyl groups is 1. The first-order valence-corrected chi connectivity index (χ1v) is 10.3. The molecule has 0 bridgehead atoms. The first-order valence-electron chi connectivity index (χ1n) is 10.3. The van der Waals surface area contributed by atoms with Gasteiger partial charge in [0.2, 0.25) is 0 Å². The van der Waals surface area contributed by atoms with E-state index >= 15 is 0 Å². The molecule has 1 rings (SSSR count). The number of likely N-dealkylation sites (N-methyl/N-ethyl adjacent to an activating group) is 2. The van der Waals surface area contributed by atoms with Crippen LogP contribution in [0, 0.1) is 0 Å². The lowest BCUT2D eigenvalue weighted by Gasteiger charge is -2.20. The maximum absolute atomic E-state index is 12.8. The van der Waals surface area contributed by atoms with Crippen molar-refractivity contribution in [3.63, 3.8) is 0 Å². The third kappa shape index (κ3) is 8.64. The summed E-state index contributed by atoms with van der Waals surface area (Å²) in [7, 11) is 5.63. The Morgan fingerprint density at radius 1 is 1.19 bits per heavy atom. The third-order valence-corrected chi connectivity index (χ3v) is 4.52. The molecule has 31 heavy (non-hydrogen) atoms. The van der Waals surface area contributed by atoms with E-state index in [-0.39, 0.29) is 17.2 Å². The Morgan fingerprint density at radius 3 is 2.45 bits per heavy atom. The lowest BCUT2D eigenvalue weighted by atomic mass is 10.0. The number of hydrogen-bond acceptors (Lipinski definition) is 5. The van der Waals surface area contributed by atoms with Crippen LogP contribution in [0.3, 0.4) is 0 Å². The van der Waals surface area contributed by atoms with Crippen LogP contribution in [0.1, 0.15) is 43.6 Å². The van der Waals surface area contributed by atoms with Crippen LogP contribution in [0.5, 0.6) is 5.75 Å². The van der Waals surface area contributed by atoms with Gasteiger partial charge in [0.05, 0.1) is 5.56 Å². The standard InChI is InChI=1S/C25H36N4O2/c1-9-10-19(4)16-26-24(18(2)3)27-17-20(5)21-11-12-23(30)22(15-21)25(31)29(8)14-13-28(6)7/h9-12,15-17,26,30H,5,13-14H2,1-4,6-8H3/b10-9+,19-16+,27-17-. The fourth-order valence-electron chi connectivity index (χ4n) is 2.59. The quantitative estimate of drug-likeness (QED) is 0.431. The zero-order valence-corrected chi connectivity index (χ0v) is 19.9. The number of hydrogen-bond donors (Lipinski definition) is 2. The van der Waals surface area contributed by atoms with Crippen molar-refractivity contribution in [2.75, 3.05) is 34.2 Å². The first-order chi connectivity index (χ1) is 14.6. The Labute approximate surface area is 187 Å². The number of phenols is 1. The number of carbonyl (C=O) groups excluding carboxylic acids is 1. The van der Waals surface area contributed by atoms with Gasteiger partial charge in [-0.05, 0) is 76.2 Å². The summed E-state index contributed by atoms with van der Waals surface area (Å²) in [5.41, 5.74) is 3.71. The molecular weight excluding hydrogens is 388 g/mol. The van der Waals surface area contributed by atoms with Crippen LogP contribution >= 0.6 is 0 Å². The highest BCUT2D eigenvalue weighted by Crippen LogP contribution is 2.23. The van der Waals surface area contributed by atoms with Gasteiger partial charge in [-0.3, -0.25) is 4.79 Å². The Balaban J connectivity index is 3.03. The van der Waals surface area contributed by atoms with Crippen LogP contribution in [-0.2, 0) is 0 Å². The van der Waals surface area contributed by atoms with E-state index in [0.29, 0.717) is 12.1 Å². The van der Waals surface area contributed by atoms with E-state index in [9.17, 15) is 9.90 Å². The number of carbonyl (C=O) groups is 1. The van der Waals surface area contributed by atoms with Gasteiger partial charge in [0.1, 0.15) is 11.6 Å². The third-order valence-electron chi connectivity index (χ3n) is 4.52. The highest BCUT2D eigenvalue weighted by atomic mass is 16.3. The Bertz CT molecular complexity index is 904. The van der Waals surface area contributed by atoms with E-state index < -0.39 is 0 Å². The highest BCUT2D eigenvalue weighted by molar-refractivity contribution is 6.10. The summed E-state index contributed by atoms with van der Waals surface area (Å²) < 4.78 is 0. The minimum atomic E-state index is -0.234. The molecule has 0 aliphatic carbocycles. The predicted octanol–water partition coefficient (Wildman–Crippen LogP) is 4.43. The van der Waals surface area contributed by atoms with E-state index in [1.807, 2.05) is 65.0 Å². The predicted molar refractivity (Wildman–Crippen MR) is 131 cm³/mol. The fourth-order valence-corrected chi connectivity index (χ4v) is 2.59. The lowest BCUT2D eigenvalue weighted by Crippen LogP contribution is -2.33. The monoisotopic (exact) mass is 424 g/mol. The second-order valence-electron chi connectivity index (χ2n) is 7.93. The van der Waals surface area contributed by atoms with Crippen molar-refractivity contribution in [2.45, 2.75) is 27.7 Å². The SMILES string of the molecule is C=C(/C=N\C(N/C=C(C)/C=C/C)=C(C)C)c1ccc(O)c(C(=O)N(C)CCN(C)C)c1. The maximum atomic E-state index is 12.8. The van der Waals surface area contributed by atoms with Crippen LogP contribution in [0.25, 0.3) is 5.57 Å². The van der Waals surface area contributed by atoms with Crippen LogP contribution < -0.4 is 5.32 Å². The normalized spacial score (nSPS) is 11.9. The topological polar surface area (TPSA) is 68.2 Å². The van der Waals surface area contributed by atoms with Gasteiger partial charge in [-0.1, -0.05) is 24.8 Å². The van der Waals surface area contributed by atoms with Crippen molar-refractivity contribution in [1.82, 2.24) is 15.1 Å². The number of nitrogens with zero attached hydrogens (tertiary/aromatic N) is 3. The lowest BCUT2D eigenvalue weighted by molar-refractivity contribution is 0.0783. The number of benzene rings is 1. The molecule has 1 aromatic carbocycles. The molecule has 0 aromatic heterocycles. The molecule has 0 radical (unpaired) electrons. The summed E-state index contributed by atoms with van der Waals surface area (Å²) in [4.78, 5) is 20.9. The summed E-state index contributed by atoms with van der Waals surface area (Å²) in [6.45, 7) is 13.3. The fraction of sp³-hybridized carbons (Fsp3) is 0.360. The molecule has 0 aliphatic heterocycles. The maximum Gasteiger partial charge on any atom is 0.257 e. The zero-order chi connectivity index (χ0) is 23.6. The number of amides is 1. The van der Waals surface area contributed by atoms with Gasteiger partial charge < -0.3 is 20.2 Å². The van der Waals surface area contributed by atoms with Crippen molar-refractivity contribution in [1.29, 1.82) is 0 Å². The molecule has 1 amide bonds. The van der Waals surface area contributed by atoms with Crippen LogP contribution in [0.15, 0.2) is 65.1 Å². The molecule has 2 N–H and O–H groups in total. The number of nitrogens with one attached hydrogen (secondary N) is 1. The van der Waals surface area contributed by atoms with Gasteiger partial charge in [-0.2, -0.15) is 0 Å². The van der Waals surface area contributed by atoms with Gasteiger partial charge >= 0.3 is 0 Å². The molecule has 6 heteroatoms. The summed E-state index contributed by atoms with van der Waals surface area (Å²) in [6.07, 6.45) is 7.53. The van der Waals surface area contributed by atoms with E-state index in [0.717, 1.165) is 29.1 Å². The molecule has 0 fully saturated rings. The molecule has 0 saturated carbocycles. The molecular formula is C25H36N4O2. The average Bonchev–Trinajstić information content (AvgIpc) is 2.71. The number of phenolic OH excluding ortho intramolecular Hbond substituents is 1. The van der Waals surface area contributed by atoms with E-state index in [2.05, 4.69) is 16.9 Å². The van der Waals surface area contributed by atoms with E-state index in [4.69, 9.17) is 0 Å². The van der Waals surface area contributed by atoms with Crippen LogP contribution in [0.4, 0.5) is 0 Å². The molecule has 0 heterocycles. The van der Waals surface area contributed by atoms with Crippen molar-refractivity contribution >= 4 is 17.7 Å². The van der Waals surface area contributed by atoms with Crippen molar-refractivity contribution in [3.8, 4) is 5.75 Å². The smallest absolute Gasteiger partial charge is 0.257 e. The average molecular weight is 425 g/mol. The summed E-state index contributed by atoms with van der Waals surface area (Å²) in [6, 6.07) is 4.90. The zero-order valence-electron chi connectivity index (χ0n) is 19.9. The number of aliphatic imine (C=N–C) groups is 1. The van der Waals surface area contributed by atoms with Crippen LogP contribution in [-0.4, -0.2) is 61.3 Å². The minimum absolute atomic E-state index is 0.0496. The van der Waals surface area contributed by atoms with Gasteiger partial charge in [0.25, 0.3) is 5.91 Å². The van der Waals surface area contributed by atoms with E-state index in [1.165, 1.54) is 6.07 Å². The molecule has 0 unspecified atom stereocenters. The molecule has 0 spiro atoms. The Morgan fingerprint density at radius 2 is 1.87 bits per heavy atom. The number of rotatable bonds is 10. The van der Waals surface area contributed by atoms with Gasteiger partial charge in [0, 0.05) is 32.6 Å². The second kappa shape index (κ2) is 12.5. The van der Waals surface area contributed by atoms with Crippen molar-refractivity contribution in [3.05, 3.63) is 71.2 Å². The molecule has 0 saturated heterocycles. The van der Waals surface area contributed by atoms with Crippen molar-refractivity contribution in [2.24, 2.45) is 4.99 Å². The van der Waals surface area contributed by atoms with Gasteiger partial charge in [-0.15, -0.1) is 0 Å². The molecule has 0 aliphatic rings.